The number of ether oxygens (including phenoxy) is 1. The van der Waals surface area contributed by atoms with Gasteiger partial charge in [-0.3, -0.25) is 0 Å². The van der Waals surface area contributed by atoms with E-state index >= 15 is 0 Å². The lowest BCUT2D eigenvalue weighted by molar-refractivity contribution is 0.235. The van der Waals surface area contributed by atoms with Gasteiger partial charge in [-0.05, 0) is 42.7 Å². The van der Waals surface area contributed by atoms with Gasteiger partial charge >= 0.3 is 0 Å². The van der Waals surface area contributed by atoms with Crippen LogP contribution in [-0.2, 0) is 13.0 Å². The molecule has 3 heteroatoms. The molecule has 1 aromatic heterocycles. The Morgan fingerprint density at radius 1 is 1.29 bits per heavy atom. The lowest BCUT2D eigenvalue weighted by atomic mass is 9.93. The lowest BCUT2D eigenvalue weighted by Gasteiger charge is -2.18. The van der Waals surface area contributed by atoms with Crippen LogP contribution in [0.2, 0.25) is 0 Å². The van der Waals surface area contributed by atoms with E-state index in [9.17, 15) is 0 Å². The van der Waals surface area contributed by atoms with Crippen molar-refractivity contribution in [3.8, 4) is 5.88 Å². The van der Waals surface area contributed by atoms with Crippen LogP contribution in [0.5, 0.6) is 5.88 Å². The lowest BCUT2D eigenvalue weighted by Crippen LogP contribution is -2.16. The average Bonchev–Trinajstić information content (AvgIpc) is 3.19. The minimum absolute atomic E-state index is 0.303. The molecule has 1 fully saturated rings. The Bertz CT molecular complexity index is 447. The molecule has 0 bridgehead atoms. The second-order valence-electron chi connectivity index (χ2n) is 7.37. The zero-order valence-electron chi connectivity index (χ0n) is 14.0. The van der Waals surface area contributed by atoms with E-state index in [1.807, 2.05) is 0 Å². The summed E-state index contributed by atoms with van der Waals surface area (Å²) in [4.78, 5) is 4.64. The van der Waals surface area contributed by atoms with Crippen molar-refractivity contribution in [1.29, 1.82) is 0 Å². The quantitative estimate of drug-likeness (QED) is 0.782. The molecule has 0 radical (unpaired) electrons. The van der Waals surface area contributed by atoms with Crippen LogP contribution >= 0.6 is 0 Å². The van der Waals surface area contributed by atoms with Gasteiger partial charge in [-0.25, -0.2) is 4.98 Å². The van der Waals surface area contributed by atoms with Crippen LogP contribution in [0, 0.1) is 5.41 Å². The molecule has 0 aliphatic heterocycles. The van der Waals surface area contributed by atoms with Crippen molar-refractivity contribution in [3.63, 3.8) is 0 Å². The van der Waals surface area contributed by atoms with Crippen molar-refractivity contribution in [2.75, 3.05) is 6.61 Å². The Morgan fingerprint density at radius 2 is 2.05 bits per heavy atom. The topological polar surface area (TPSA) is 34.1 Å². The van der Waals surface area contributed by atoms with Crippen molar-refractivity contribution in [2.45, 2.75) is 72.4 Å². The predicted molar refractivity (Wildman–Crippen MR) is 87.7 cm³/mol. The molecule has 0 saturated heterocycles. The summed E-state index contributed by atoms with van der Waals surface area (Å²) >= 11 is 0. The van der Waals surface area contributed by atoms with Gasteiger partial charge in [-0.1, -0.05) is 34.1 Å². The summed E-state index contributed by atoms with van der Waals surface area (Å²) < 4.78 is 5.89. The van der Waals surface area contributed by atoms with E-state index in [1.54, 1.807) is 0 Å². The van der Waals surface area contributed by atoms with Gasteiger partial charge < -0.3 is 10.1 Å². The fraction of sp³-hybridized carbons (Fsp3) is 0.722. The number of aryl methyl sites for hydroxylation is 1. The van der Waals surface area contributed by atoms with Crippen molar-refractivity contribution in [1.82, 2.24) is 10.3 Å². The van der Waals surface area contributed by atoms with Crippen molar-refractivity contribution in [2.24, 2.45) is 5.41 Å². The van der Waals surface area contributed by atoms with E-state index in [0.717, 1.165) is 50.0 Å². The van der Waals surface area contributed by atoms with Gasteiger partial charge in [0.25, 0.3) is 0 Å². The van der Waals surface area contributed by atoms with Crippen LogP contribution < -0.4 is 10.1 Å². The maximum Gasteiger partial charge on any atom is 0.213 e. The number of rotatable bonds is 8. The van der Waals surface area contributed by atoms with Crippen LogP contribution in [-0.4, -0.2) is 17.6 Å². The van der Waals surface area contributed by atoms with E-state index in [-0.39, 0.29) is 0 Å². The summed E-state index contributed by atoms with van der Waals surface area (Å²) in [7, 11) is 0. The summed E-state index contributed by atoms with van der Waals surface area (Å²) in [6, 6.07) is 5.05. The largest absolute Gasteiger partial charge is 0.478 e. The number of nitrogens with zero attached hydrogens (tertiary/aromatic N) is 1. The molecule has 1 aliphatic carbocycles. The molecule has 21 heavy (non-hydrogen) atoms. The molecule has 118 valence electrons. The molecule has 0 unspecified atom stereocenters. The molecular weight excluding hydrogens is 260 g/mol. The Morgan fingerprint density at radius 3 is 2.67 bits per heavy atom. The highest BCUT2D eigenvalue weighted by molar-refractivity contribution is 5.25. The molecule has 3 nitrogen and oxygen atoms in total. The molecular formula is C18H30N2O. The molecule has 0 spiro atoms. The normalized spacial score (nSPS) is 15.2. The van der Waals surface area contributed by atoms with Crippen LogP contribution in [0.4, 0.5) is 0 Å². The summed E-state index contributed by atoms with van der Waals surface area (Å²) in [6.45, 7) is 10.6. The first-order valence-electron chi connectivity index (χ1n) is 8.32. The van der Waals surface area contributed by atoms with E-state index in [1.165, 1.54) is 18.4 Å². The third-order valence-electron chi connectivity index (χ3n) is 3.70. The third-order valence-corrected chi connectivity index (χ3v) is 3.70. The first kappa shape index (κ1) is 16.3. The fourth-order valence-electron chi connectivity index (χ4n) is 2.19. The first-order chi connectivity index (χ1) is 9.96. The van der Waals surface area contributed by atoms with Gasteiger partial charge in [0.1, 0.15) is 0 Å². The monoisotopic (exact) mass is 290 g/mol. The van der Waals surface area contributed by atoms with E-state index in [2.05, 4.69) is 50.1 Å². The SMILES string of the molecule is CCCc1cc(CNC2CC2)cc(OCCC(C)(C)C)n1. The molecule has 0 aromatic carbocycles. The highest BCUT2D eigenvalue weighted by Crippen LogP contribution is 2.22. The summed E-state index contributed by atoms with van der Waals surface area (Å²) in [5.41, 5.74) is 2.75. The van der Waals surface area contributed by atoms with Gasteiger partial charge in [0.2, 0.25) is 5.88 Å². The zero-order chi connectivity index (χ0) is 15.3. The predicted octanol–water partition coefficient (Wildman–Crippen LogP) is 4.10. The molecule has 2 rings (SSSR count). The Balaban J connectivity index is 1.96. The molecule has 1 heterocycles. The van der Waals surface area contributed by atoms with E-state index in [4.69, 9.17) is 4.74 Å². The molecule has 0 atom stereocenters. The second kappa shape index (κ2) is 7.26. The summed E-state index contributed by atoms with van der Waals surface area (Å²) in [5, 5.41) is 3.57. The zero-order valence-corrected chi connectivity index (χ0v) is 14.0. The fourth-order valence-corrected chi connectivity index (χ4v) is 2.19. The molecule has 1 N–H and O–H groups in total. The number of hydrogen-bond donors (Lipinski definition) is 1. The average molecular weight is 290 g/mol. The van der Waals surface area contributed by atoms with Gasteiger partial charge in [0.15, 0.2) is 0 Å². The van der Waals surface area contributed by atoms with Crippen LogP contribution in [0.1, 0.15) is 64.6 Å². The molecule has 0 amide bonds. The Labute approximate surface area is 129 Å². The van der Waals surface area contributed by atoms with E-state index in [0.29, 0.717) is 5.41 Å². The van der Waals surface area contributed by atoms with E-state index < -0.39 is 0 Å². The van der Waals surface area contributed by atoms with Crippen molar-refractivity contribution >= 4 is 0 Å². The number of hydrogen-bond acceptors (Lipinski definition) is 3. The van der Waals surface area contributed by atoms with Gasteiger partial charge in [-0.15, -0.1) is 0 Å². The number of aromatic nitrogens is 1. The maximum atomic E-state index is 5.89. The highest BCUT2D eigenvalue weighted by atomic mass is 16.5. The minimum atomic E-state index is 0.303. The van der Waals surface area contributed by atoms with Gasteiger partial charge in [0.05, 0.1) is 6.61 Å². The van der Waals surface area contributed by atoms with Gasteiger partial charge in [0, 0.05) is 24.3 Å². The summed E-state index contributed by atoms with van der Waals surface area (Å²) in [5.74, 6) is 0.790. The Hall–Kier alpha value is -1.09. The number of pyridine rings is 1. The number of nitrogens with one attached hydrogen (secondary N) is 1. The Kier molecular flexibility index (Phi) is 5.63. The molecule has 1 aromatic rings. The van der Waals surface area contributed by atoms with Crippen LogP contribution in [0.15, 0.2) is 12.1 Å². The minimum Gasteiger partial charge on any atom is -0.478 e. The second-order valence-corrected chi connectivity index (χ2v) is 7.37. The highest BCUT2D eigenvalue weighted by Gasteiger charge is 2.20. The summed E-state index contributed by atoms with van der Waals surface area (Å²) in [6.07, 6.45) is 5.83. The molecule has 1 saturated carbocycles. The van der Waals surface area contributed by atoms with Crippen LogP contribution in [0.3, 0.4) is 0 Å². The standard InChI is InChI=1S/C18H30N2O/c1-5-6-16-11-14(13-19-15-7-8-15)12-17(20-16)21-10-9-18(2,3)4/h11-12,15,19H,5-10,13H2,1-4H3. The van der Waals surface area contributed by atoms with Crippen molar-refractivity contribution < 1.29 is 4.74 Å². The maximum absolute atomic E-state index is 5.89. The van der Waals surface area contributed by atoms with Crippen molar-refractivity contribution in [3.05, 3.63) is 23.4 Å². The molecule has 1 aliphatic rings. The third kappa shape index (κ3) is 6.47. The van der Waals surface area contributed by atoms with Crippen LogP contribution in [0.25, 0.3) is 0 Å². The van der Waals surface area contributed by atoms with Gasteiger partial charge in [-0.2, -0.15) is 0 Å². The smallest absolute Gasteiger partial charge is 0.213 e. The first-order valence-corrected chi connectivity index (χ1v) is 8.32.